The van der Waals surface area contributed by atoms with Crippen molar-refractivity contribution in [1.29, 1.82) is 0 Å². The minimum atomic E-state index is -0.505. The van der Waals surface area contributed by atoms with E-state index in [4.69, 9.17) is 14.2 Å². The number of carbonyl (C=O) groups is 1. The molecule has 3 aromatic rings. The molecule has 4 rings (SSSR count). The van der Waals surface area contributed by atoms with Crippen molar-refractivity contribution in [1.82, 2.24) is 9.88 Å². The molecule has 31 heavy (non-hydrogen) atoms. The third-order valence-electron chi connectivity index (χ3n) is 5.43. The highest BCUT2D eigenvalue weighted by Gasteiger charge is 2.26. The van der Waals surface area contributed by atoms with Gasteiger partial charge in [0, 0.05) is 30.7 Å². The molecule has 6 nitrogen and oxygen atoms in total. The number of ether oxygens (including phenoxy) is 3. The van der Waals surface area contributed by atoms with Gasteiger partial charge < -0.3 is 19.1 Å². The number of hydrogen-bond donors (Lipinski definition) is 0. The minimum absolute atomic E-state index is 0.269. The van der Waals surface area contributed by atoms with Gasteiger partial charge in [-0.2, -0.15) is 0 Å². The van der Waals surface area contributed by atoms with Crippen molar-refractivity contribution in [3.8, 4) is 22.6 Å². The predicted molar refractivity (Wildman–Crippen MR) is 121 cm³/mol. The van der Waals surface area contributed by atoms with Crippen molar-refractivity contribution in [2.75, 3.05) is 20.8 Å². The van der Waals surface area contributed by atoms with Gasteiger partial charge in [-0.15, -0.1) is 0 Å². The van der Waals surface area contributed by atoms with Gasteiger partial charge in [0.15, 0.2) is 11.5 Å². The topological polar surface area (TPSA) is 60.9 Å². The first kappa shape index (κ1) is 21.0. The number of carbonyl (C=O) groups excluding carboxylic acids is 1. The van der Waals surface area contributed by atoms with E-state index in [-0.39, 0.29) is 6.09 Å². The van der Waals surface area contributed by atoms with Crippen molar-refractivity contribution < 1.29 is 19.0 Å². The smallest absolute Gasteiger partial charge is 0.410 e. The Labute approximate surface area is 182 Å². The molecule has 1 amide bonds. The molecule has 0 spiro atoms. The first-order chi connectivity index (χ1) is 14.8. The zero-order valence-electron chi connectivity index (χ0n) is 18.7. The van der Waals surface area contributed by atoms with Gasteiger partial charge >= 0.3 is 6.09 Å². The van der Waals surface area contributed by atoms with Crippen molar-refractivity contribution in [2.24, 2.45) is 0 Å². The van der Waals surface area contributed by atoms with E-state index >= 15 is 0 Å². The van der Waals surface area contributed by atoms with Crippen LogP contribution >= 0.6 is 0 Å². The van der Waals surface area contributed by atoms with E-state index in [0.29, 0.717) is 24.6 Å². The lowest BCUT2D eigenvalue weighted by atomic mass is 9.93. The molecule has 0 saturated heterocycles. The van der Waals surface area contributed by atoms with Crippen LogP contribution in [0.1, 0.15) is 31.9 Å². The monoisotopic (exact) mass is 420 g/mol. The maximum absolute atomic E-state index is 12.6. The number of methoxy groups -OCH3 is 2. The largest absolute Gasteiger partial charge is 0.493 e. The number of nitrogens with zero attached hydrogens (tertiary/aromatic N) is 2. The van der Waals surface area contributed by atoms with Crippen LogP contribution in [0.5, 0.6) is 11.5 Å². The summed E-state index contributed by atoms with van der Waals surface area (Å²) in [4.78, 5) is 18.8. The molecule has 0 atom stereocenters. The molecule has 2 heterocycles. The predicted octanol–water partition coefficient (Wildman–Crippen LogP) is 5.21. The molecule has 2 aromatic carbocycles. The fourth-order valence-corrected chi connectivity index (χ4v) is 3.93. The van der Waals surface area contributed by atoms with Gasteiger partial charge in [0.05, 0.1) is 19.7 Å². The second-order valence-corrected chi connectivity index (χ2v) is 8.72. The minimum Gasteiger partial charge on any atom is -0.493 e. The van der Waals surface area contributed by atoms with Gasteiger partial charge in [-0.05, 0) is 67.6 Å². The number of pyridine rings is 1. The highest BCUT2D eigenvalue weighted by molar-refractivity contribution is 5.96. The first-order valence-corrected chi connectivity index (χ1v) is 10.4. The molecule has 6 heteroatoms. The third kappa shape index (κ3) is 4.29. The highest BCUT2D eigenvalue weighted by atomic mass is 16.6. The molecule has 0 radical (unpaired) electrons. The molecule has 1 aliphatic rings. The normalized spacial score (nSPS) is 13.6. The number of fused-ring (bicyclic) bond motifs is 2. The number of aromatic nitrogens is 1. The SMILES string of the molecule is COc1cc2nccc(-c3ccc4c(c3)CN(C(=O)OC(C)(C)C)CC4)c2cc1OC. The molecular weight excluding hydrogens is 392 g/mol. The van der Waals surface area contributed by atoms with Crippen LogP contribution in [0.3, 0.4) is 0 Å². The van der Waals surface area contributed by atoms with E-state index in [1.807, 2.05) is 39.0 Å². The van der Waals surface area contributed by atoms with E-state index in [9.17, 15) is 4.79 Å². The average Bonchev–Trinajstić information content (AvgIpc) is 2.75. The molecule has 0 unspecified atom stereocenters. The van der Waals surface area contributed by atoms with Crippen LogP contribution in [-0.2, 0) is 17.7 Å². The molecule has 0 aliphatic carbocycles. The van der Waals surface area contributed by atoms with Crippen LogP contribution in [0.4, 0.5) is 4.79 Å². The Morgan fingerprint density at radius 2 is 1.74 bits per heavy atom. The molecule has 0 saturated carbocycles. The van der Waals surface area contributed by atoms with Gasteiger partial charge in [0.1, 0.15) is 5.60 Å². The molecule has 1 aliphatic heterocycles. The number of benzene rings is 2. The van der Waals surface area contributed by atoms with Crippen molar-refractivity contribution >= 4 is 17.0 Å². The first-order valence-electron chi connectivity index (χ1n) is 10.4. The summed E-state index contributed by atoms with van der Waals surface area (Å²) in [7, 11) is 3.25. The number of hydrogen-bond acceptors (Lipinski definition) is 5. The number of amides is 1. The lowest BCUT2D eigenvalue weighted by molar-refractivity contribution is 0.0224. The average molecular weight is 421 g/mol. The zero-order chi connectivity index (χ0) is 22.2. The van der Waals surface area contributed by atoms with Crippen molar-refractivity contribution in [3.05, 3.63) is 53.7 Å². The van der Waals surface area contributed by atoms with Crippen LogP contribution in [0.2, 0.25) is 0 Å². The van der Waals surface area contributed by atoms with Crippen LogP contribution in [0.25, 0.3) is 22.0 Å². The van der Waals surface area contributed by atoms with E-state index in [1.54, 1.807) is 25.3 Å². The Morgan fingerprint density at radius 3 is 2.45 bits per heavy atom. The lowest BCUT2D eigenvalue weighted by Gasteiger charge is -2.31. The van der Waals surface area contributed by atoms with Crippen LogP contribution in [-0.4, -0.2) is 42.3 Å². The van der Waals surface area contributed by atoms with Crippen molar-refractivity contribution in [2.45, 2.75) is 39.3 Å². The maximum atomic E-state index is 12.6. The zero-order valence-corrected chi connectivity index (χ0v) is 18.7. The fourth-order valence-electron chi connectivity index (χ4n) is 3.93. The van der Waals surface area contributed by atoms with E-state index < -0.39 is 5.60 Å². The Bertz CT molecular complexity index is 1130. The van der Waals surface area contributed by atoms with E-state index in [1.165, 1.54) is 5.56 Å². The number of rotatable bonds is 3. The Kier molecular flexibility index (Phi) is 5.48. The van der Waals surface area contributed by atoms with Gasteiger partial charge in [0.25, 0.3) is 0 Å². The highest BCUT2D eigenvalue weighted by Crippen LogP contribution is 2.37. The lowest BCUT2D eigenvalue weighted by Crippen LogP contribution is -2.39. The summed E-state index contributed by atoms with van der Waals surface area (Å²) < 4.78 is 16.5. The van der Waals surface area contributed by atoms with Crippen LogP contribution < -0.4 is 9.47 Å². The summed E-state index contributed by atoms with van der Waals surface area (Å²) in [5.74, 6) is 1.32. The summed E-state index contributed by atoms with van der Waals surface area (Å²) in [6.45, 7) is 6.87. The summed E-state index contributed by atoms with van der Waals surface area (Å²) in [6, 6.07) is 12.3. The van der Waals surface area contributed by atoms with Gasteiger partial charge in [-0.1, -0.05) is 12.1 Å². The Balaban J connectivity index is 1.71. The fraction of sp³-hybridized carbons (Fsp3) is 0.360. The summed E-state index contributed by atoms with van der Waals surface area (Å²) in [5.41, 5.74) is 4.87. The van der Waals surface area contributed by atoms with Crippen LogP contribution in [0.15, 0.2) is 42.6 Å². The molecule has 162 valence electrons. The molecule has 0 N–H and O–H groups in total. The Morgan fingerprint density at radius 1 is 1.00 bits per heavy atom. The molecule has 0 bridgehead atoms. The quantitative estimate of drug-likeness (QED) is 0.582. The molecule has 0 fully saturated rings. The van der Waals surface area contributed by atoms with Gasteiger partial charge in [-0.3, -0.25) is 4.98 Å². The summed E-state index contributed by atoms with van der Waals surface area (Å²) in [5, 5.41) is 0.986. The second kappa shape index (κ2) is 8.10. The Hall–Kier alpha value is -3.28. The molecule has 1 aromatic heterocycles. The van der Waals surface area contributed by atoms with E-state index in [0.717, 1.165) is 34.0 Å². The second-order valence-electron chi connectivity index (χ2n) is 8.72. The van der Waals surface area contributed by atoms with Crippen molar-refractivity contribution in [3.63, 3.8) is 0 Å². The maximum Gasteiger partial charge on any atom is 0.410 e. The van der Waals surface area contributed by atoms with E-state index in [2.05, 4.69) is 23.2 Å². The van der Waals surface area contributed by atoms with Crippen LogP contribution in [0, 0.1) is 0 Å². The summed E-state index contributed by atoms with van der Waals surface area (Å²) in [6.07, 6.45) is 2.35. The van der Waals surface area contributed by atoms with Gasteiger partial charge in [-0.25, -0.2) is 4.79 Å². The standard InChI is InChI=1S/C25H28N2O4/c1-25(2,3)31-24(28)27-11-9-16-6-7-17(12-18(16)15-27)19-8-10-26-21-14-23(30-5)22(29-4)13-20(19)21/h6-8,10,12-14H,9,11,15H2,1-5H3. The third-order valence-corrected chi connectivity index (χ3v) is 5.43. The summed E-state index contributed by atoms with van der Waals surface area (Å²) >= 11 is 0. The molecular formula is C25H28N2O4. The van der Waals surface area contributed by atoms with Gasteiger partial charge in [0.2, 0.25) is 0 Å².